The molecule has 0 amide bonds. The zero-order chi connectivity index (χ0) is 21.4. The van der Waals surface area contributed by atoms with Gasteiger partial charge in [0.15, 0.2) is 5.75 Å². The van der Waals surface area contributed by atoms with Crippen molar-refractivity contribution in [2.45, 2.75) is 6.04 Å². The van der Waals surface area contributed by atoms with Crippen LogP contribution in [0.25, 0.3) is 28.5 Å². The Morgan fingerprint density at radius 3 is 2.94 bits per heavy atom. The molecule has 0 spiro atoms. The molecule has 2 N–H and O–H groups in total. The number of nitrogens with one attached hydrogen (secondary N) is 1. The topological polar surface area (TPSA) is 98.1 Å². The number of benzene rings is 2. The number of anilines is 2. The third kappa shape index (κ3) is 3.19. The molecular formula is C24H19N5O2. The molecule has 1 aliphatic rings. The summed E-state index contributed by atoms with van der Waals surface area (Å²) in [6.07, 6.45) is 3.49. The smallest absolute Gasteiger partial charge is 0.154 e. The van der Waals surface area contributed by atoms with Gasteiger partial charge in [-0.25, -0.2) is 9.97 Å². The fourth-order valence-corrected chi connectivity index (χ4v) is 3.82. The van der Waals surface area contributed by atoms with Crippen LogP contribution in [0.2, 0.25) is 0 Å². The Morgan fingerprint density at radius 2 is 2.19 bits per heavy atom. The van der Waals surface area contributed by atoms with E-state index < -0.39 is 0 Å². The monoisotopic (exact) mass is 409 g/mol. The number of hydrogen-bond acceptors (Lipinski definition) is 6. The van der Waals surface area contributed by atoms with E-state index in [0.717, 1.165) is 33.7 Å². The second-order valence-corrected chi connectivity index (χ2v) is 7.25. The molecule has 152 valence electrons. The standard InChI is InChI=1S/C24H19N5O2/c1-2-15-7-9-22(26-12-15)29-17(13-30)14-31-23-18(4-3-5-21(23)29)24-27-19-8-6-16(11-25)10-20(19)28-24/h2-10,12,17,30H,1,13-14H2,(H,27,28)/t17-/m0/s1. The summed E-state index contributed by atoms with van der Waals surface area (Å²) < 4.78 is 6.09. The fourth-order valence-electron chi connectivity index (χ4n) is 3.82. The molecule has 0 saturated heterocycles. The summed E-state index contributed by atoms with van der Waals surface area (Å²) in [5.41, 5.74) is 4.66. The number of hydrogen-bond donors (Lipinski definition) is 2. The molecule has 0 fully saturated rings. The van der Waals surface area contributed by atoms with Gasteiger partial charge >= 0.3 is 0 Å². The lowest BCUT2D eigenvalue weighted by atomic mass is 10.1. The number of aromatic nitrogens is 3. The van der Waals surface area contributed by atoms with Crippen molar-refractivity contribution in [2.24, 2.45) is 0 Å². The van der Waals surface area contributed by atoms with Gasteiger partial charge in [0.05, 0.1) is 46.6 Å². The van der Waals surface area contributed by atoms with E-state index in [1.165, 1.54) is 0 Å². The van der Waals surface area contributed by atoms with Crippen LogP contribution in [-0.4, -0.2) is 39.3 Å². The minimum Gasteiger partial charge on any atom is -0.488 e. The van der Waals surface area contributed by atoms with Crippen molar-refractivity contribution in [2.75, 3.05) is 18.1 Å². The molecule has 0 aliphatic carbocycles. The summed E-state index contributed by atoms with van der Waals surface area (Å²) in [6, 6.07) is 16.9. The Kier molecular flexibility index (Phi) is 4.62. The summed E-state index contributed by atoms with van der Waals surface area (Å²) in [7, 11) is 0. The van der Waals surface area contributed by atoms with E-state index >= 15 is 0 Å². The molecule has 2 aromatic heterocycles. The molecule has 0 radical (unpaired) electrons. The average molecular weight is 409 g/mol. The third-order valence-corrected chi connectivity index (χ3v) is 5.37. The zero-order valence-corrected chi connectivity index (χ0v) is 16.6. The summed E-state index contributed by atoms with van der Waals surface area (Å²) in [4.78, 5) is 14.5. The van der Waals surface area contributed by atoms with Crippen LogP contribution < -0.4 is 9.64 Å². The van der Waals surface area contributed by atoms with Crippen molar-refractivity contribution < 1.29 is 9.84 Å². The molecule has 7 nitrogen and oxygen atoms in total. The van der Waals surface area contributed by atoms with Gasteiger partial charge in [-0.3, -0.25) is 0 Å². The number of nitriles is 1. The van der Waals surface area contributed by atoms with Crippen LogP contribution in [0, 0.1) is 11.3 Å². The van der Waals surface area contributed by atoms with Crippen LogP contribution in [0.3, 0.4) is 0 Å². The van der Waals surface area contributed by atoms with Gasteiger partial charge in [-0.05, 0) is 48.0 Å². The third-order valence-electron chi connectivity index (χ3n) is 5.37. The zero-order valence-electron chi connectivity index (χ0n) is 16.6. The lowest BCUT2D eigenvalue weighted by Crippen LogP contribution is -2.43. The molecule has 2 aromatic carbocycles. The highest BCUT2D eigenvalue weighted by Gasteiger charge is 2.31. The number of pyridine rings is 1. The Bertz CT molecular complexity index is 1320. The van der Waals surface area contributed by atoms with Gasteiger partial charge < -0.3 is 19.7 Å². The number of rotatable bonds is 4. The van der Waals surface area contributed by atoms with E-state index in [2.05, 4.69) is 27.6 Å². The number of H-pyrrole nitrogens is 1. The molecule has 7 heteroatoms. The minimum absolute atomic E-state index is 0.0733. The number of nitrogens with zero attached hydrogens (tertiary/aromatic N) is 4. The maximum Gasteiger partial charge on any atom is 0.154 e. The molecule has 3 heterocycles. The van der Waals surface area contributed by atoms with Crippen molar-refractivity contribution in [3.63, 3.8) is 0 Å². The average Bonchev–Trinajstić information content (AvgIpc) is 3.26. The predicted octanol–water partition coefficient (Wildman–Crippen LogP) is 4.03. The molecule has 1 aliphatic heterocycles. The normalized spacial score (nSPS) is 15.2. The quantitative estimate of drug-likeness (QED) is 0.528. The minimum atomic E-state index is -0.265. The van der Waals surface area contributed by atoms with Crippen LogP contribution in [0.4, 0.5) is 11.5 Å². The number of aliphatic hydroxyl groups is 1. The van der Waals surface area contributed by atoms with Crippen LogP contribution in [0.5, 0.6) is 5.75 Å². The Labute approximate surface area is 178 Å². The van der Waals surface area contributed by atoms with E-state index in [1.807, 2.05) is 41.3 Å². The SMILES string of the molecule is C=Cc1ccc(N2c3cccc(-c4nc5ccc(C#N)cc5[nH]4)c3OC[C@@H]2CO)nc1. The van der Waals surface area contributed by atoms with Gasteiger partial charge in [0.2, 0.25) is 0 Å². The van der Waals surface area contributed by atoms with Gasteiger partial charge in [-0.2, -0.15) is 5.26 Å². The first kappa shape index (κ1) is 18.9. The van der Waals surface area contributed by atoms with E-state index in [9.17, 15) is 5.11 Å². The van der Waals surface area contributed by atoms with Crippen molar-refractivity contribution in [3.05, 3.63) is 72.4 Å². The number of para-hydroxylation sites is 1. The number of fused-ring (bicyclic) bond motifs is 2. The van der Waals surface area contributed by atoms with E-state index in [1.54, 1.807) is 24.4 Å². The number of imidazole rings is 1. The second kappa shape index (κ2) is 7.59. The number of aromatic amines is 1. The second-order valence-electron chi connectivity index (χ2n) is 7.25. The van der Waals surface area contributed by atoms with Gasteiger partial charge in [0, 0.05) is 6.20 Å². The lowest BCUT2D eigenvalue weighted by molar-refractivity contribution is 0.195. The Morgan fingerprint density at radius 1 is 1.29 bits per heavy atom. The van der Waals surface area contributed by atoms with Crippen LogP contribution in [0.1, 0.15) is 11.1 Å². The van der Waals surface area contributed by atoms with Crippen LogP contribution in [0.15, 0.2) is 61.3 Å². The first-order chi connectivity index (χ1) is 15.2. The van der Waals surface area contributed by atoms with Crippen molar-refractivity contribution >= 4 is 28.6 Å². The number of ether oxygens (including phenoxy) is 1. The van der Waals surface area contributed by atoms with Gasteiger partial charge in [0.25, 0.3) is 0 Å². The number of aliphatic hydroxyl groups excluding tert-OH is 1. The summed E-state index contributed by atoms with van der Waals surface area (Å²) in [5, 5.41) is 19.1. The molecule has 0 bridgehead atoms. The first-order valence-electron chi connectivity index (χ1n) is 9.86. The van der Waals surface area contributed by atoms with Gasteiger partial charge in [-0.15, -0.1) is 0 Å². The predicted molar refractivity (Wildman–Crippen MR) is 119 cm³/mol. The summed E-state index contributed by atoms with van der Waals surface area (Å²) in [6.45, 7) is 4.01. The molecule has 31 heavy (non-hydrogen) atoms. The Hall–Kier alpha value is -4.15. The van der Waals surface area contributed by atoms with Gasteiger partial charge in [0.1, 0.15) is 18.2 Å². The maximum atomic E-state index is 9.97. The molecule has 0 saturated carbocycles. The van der Waals surface area contributed by atoms with Crippen molar-refractivity contribution in [3.8, 4) is 23.2 Å². The highest BCUT2D eigenvalue weighted by atomic mass is 16.5. The summed E-state index contributed by atoms with van der Waals surface area (Å²) >= 11 is 0. The van der Waals surface area contributed by atoms with E-state index in [0.29, 0.717) is 23.7 Å². The fraction of sp³-hybridized carbons (Fsp3) is 0.125. The largest absolute Gasteiger partial charge is 0.488 e. The van der Waals surface area contributed by atoms with Crippen LogP contribution >= 0.6 is 0 Å². The van der Waals surface area contributed by atoms with Gasteiger partial charge in [-0.1, -0.05) is 18.7 Å². The molecule has 1 atom stereocenters. The highest BCUT2D eigenvalue weighted by molar-refractivity contribution is 5.85. The van der Waals surface area contributed by atoms with Crippen molar-refractivity contribution in [1.82, 2.24) is 15.0 Å². The van der Waals surface area contributed by atoms with E-state index in [4.69, 9.17) is 10.00 Å². The first-order valence-corrected chi connectivity index (χ1v) is 9.86. The highest BCUT2D eigenvalue weighted by Crippen LogP contribution is 2.44. The molecule has 0 unspecified atom stereocenters. The lowest BCUT2D eigenvalue weighted by Gasteiger charge is -2.37. The van der Waals surface area contributed by atoms with E-state index in [-0.39, 0.29) is 12.6 Å². The van der Waals surface area contributed by atoms with Crippen LogP contribution in [-0.2, 0) is 0 Å². The molecule has 5 rings (SSSR count). The maximum absolute atomic E-state index is 9.97. The molecular weight excluding hydrogens is 390 g/mol. The Balaban J connectivity index is 1.63. The summed E-state index contributed by atoms with van der Waals surface area (Å²) in [5.74, 6) is 2.04. The molecule has 4 aromatic rings. The van der Waals surface area contributed by atoms with Crippen molar-refractivity contribution in [1.29, 1.82) is 5.26 Å².